The van der Waals surface area contributed by atoms with E-state index in [4.69, 9.17) is 24.7 Å². The maximum absolute atomic E-state index is 13.2. The number of imidazole rings is 1. The van der Waals surface area contributed by atoms with Crippen LogP contribution in [0.1, 0.15) is 28.2 Å². The van der Waals surface area contributed by atoms with E-state index < -0.39 is 11.9 Å². The number of rotatable bonds is 13. The number of methoxy groups -OCH3 is 2. The number of hydrogen-bond donors (Lipinski definition) is 2. The number of piperazine rings is 1. The normalized spacial score (nSPS) is 13.8. The molecule has 1 aliphatic heterocycles. The second kappa shape index (κ2) is 17.4. The topological polar surface area (TPSA) is 134 Å². The number of carboxylic acids is 2. The number of carboxylic acid groups (broad SMARTS) is 2. The molecule has 0 spiro atoms. The molecule has 11 heteroatoms. The lowest BCUT2D eigenvalue weighted by Gasteiger charge is -2.34. The van der Waals surface area contributed by atoms with Gasteiger partial charge < -0.3 is 24.3 Å². The number of ether oxygens (including phenoxy) is 2. The van der Waals surface area contributed by atoms with Crippen molar-refractivity contribution in [3.63, 3.8) is 0 Å². The van der Waals surface area contributed by atoms with Crippen molar-refractivity contribution in [3.8, 4) is 11.5 Å². The molecule has 3 aromatic carbocycles. The molecular formula is C36H40N4O7. The molecular weight excluding hydrogens is 600 g/mol. The zero-order chi connectivity index (χ0) is 33.6. The van der Waals surface area contributed by atoms with E-state index in [-0.39, 0.29) is 5.78 Å². The molecule has 0 amide bonds. The second-order valence-corrected chi connectivity index (χ2v) is 10.8. The number of aromatic nitrogens is 2. The van der Waals surface area contributed by atoms with E-state index in [1.54, 1.807) is 32.4 Å². The van der Waals surface area contributed by atoms with Crippen LogP contribution in [0.4, 0.5) is 0 Å². The molecule has 47 heavy (non-hydrogen) atoms. The summed E-state index contributed by atoms with van der Waals surface area (Å²) >= 11 is 0. The molecule has 0 radical (unpaired) electrons. The molecule has 1 fully saturated rings. The molecule has 4 aromatic rings. The van der Waals surface area contributed by atoms with Gasteiger partial charge in [0.2, 0.25) is 0 Å². The number of benzene rings is 3. The van der Waals surface area contributed by atoms with Gasteiger partial charge in [-0.1, -0.05) is 54.6 Å². The minimum Gasteiger partial charge on any atom is -0.497 e. The largest absolute Gasteiger partial charge is 0.497 e. The minimum atomic E-state index is -1.26. The standard InChI is InChI=1S/C32H36N4O3.C4H4O4/c1-38-26-14-15-27(31(23-26)39-2)30(37)16-18-36-29-13-7-6-12-28(29)33-32(36)24-35-21-19-34(20-22-35)17-8-11-25-9-4-3-5-10-25;5-3(6)1-2-4(7)8/h3-15,23H,16-22,24H2,1-2H3;1-2H,(H,5,6)(H,7,8). The molecule has 246 valence electrons. The zero-order valence-corrected chi connectivity index (χ0v) is 26.6. The van der Waals surface area contributed by atoms with Gasteiger partial charge in [-0.3, -0.25) is 14.6 Å². The summed E-state index contributed by atoms with van der Waals surface area (Å²) < 4.78 is 12.9. The molecule has 0 unspecified atom stereocenters. The fraction of sp³-hybridized carbons (Fsp3) is 0.278. The summed E-state index contributed by atoms with van der Waals surface area (Å²) in [5, 5.41) is 15.6. The number of hydrogen-bond acceptors (Lipinski definition) is 8. The zero-order valence-electron chi connectivity index (χ0n) is 26.6. The second-order valence-electron chi connectivity index (χ2n) is 10.8. The SMILES string of the molecule is COc1ccc(C(=O)CCn2c(CN3CCN(CC=Cc4ccccc4)CC3)nc3ccccc32)c(OC)c1.O=C(O)C=CC(=O)O. The fourth-order valence-electron chi connectivity index (χ4n) is 5.25. The first-order chi connectivity index (χ1) is 22.8. The van der Waals surface area contributed by atoms with Crippen LogP contribution >= 0.6 is 0 Å². The first-order valence-corrected chi connectivity index (χ1v) is 15.3. The third-order valence-electron chi connectivity index (χ3n) is 7.68. The predicted molar refractivity (Wildman–Crippen MR) is 180 cm³/mol. The summed E-state index contributed by atoms with van der Waals surface area (Å²) in [5.41, 5.74) is 3.83. The lowest BCUT2D eigenvalue weighted by atomic mass is 10.1. The van der Waals surface area contributed by atoms with Gasteiger partial charge >= 0.3 is 11.9 Å². The van der Waals surface area contributed by atoms with Gasteiger partial charge in [-0.2, -0.15) is 0 Å². The molecule has 1 saturated heterocycles. The number of para-hydroxylation sites is 2. The highest BCUT2D eigenvalue weighted by molar-refractivity contribution is 5.99. The summed E-state index contributed by atoms with van der Waals surface area (Å²) in [4.78, 5) is 42.2. The van der Waals surface area contributed by atoms with E-state index in [0.717, 1.165) is 56.1 Å². The Kier molecular flexibility index (Phi) is 12.8. The molecule has 11 nitrogen and oxygen atoms in total. The van der Waals surface area contributed by atoms with Crippen LogP contribution in [0.15, 0.2) is 91.0 Å². The van der Waals surface area contributed by atoms with Crippen molar-refractivity contribution in [1.82, 2.24) is 19.4 Å². The van der Waals surface area contributed by atoms with Gasteiger partial charge in [0.25, 0.3) is 0 Å². The maximum Gasteiger partial charge on any atom is 0.328 e. The van der Waals surface area contributed by atoms with Gasteiger partial charge in [-0.05, 0) is 29.8 Å². The van der Waals surface area contributed by atoms with Gasteiger partial charge in [0, 0.05) is 63.9 Å². The van der Waals surface area contributed by atoms with E-state index >= 15 is 0 Å². The average Bonchev–Trinajstić information content (AvgIpc) is 3.44. The van der Waals surface area contributed by atoms with Gasteiger partial charge in [-0.25, -0.2) is 14.6 Å². The summed E-state index contributed by atoms with van der Waals surface area (Å²) in [6, 6.07) is 23.9. The number of nitrogens with zero attached hydrogens (tertiary/aromatic N) is 4. The van der Waals surface area contributed by atoms with Crippen molar-refractivity contribution >= 4 is 34.8 Å². The Morgan fingerprint density at radius 1 is 0.830 bits per heavy atom. The van der Waals surface area contributed by atoms with Crippen molar-refractivity contribution in [2.75, 3.05) is 46.9 Å². The van der Waals surface area contributed by atoms with Crippen LogP contribution in [0.5, 0.6) is 11.5 Å². The number of aliphatic carboxylic acids is 2. The van der Waals surface area contributed by atoms with Crippen LogP contribution < -0.4 is 9.47 Å². The summed E-state index contributed by atoms with van der Waals surface area (Å²) in [5.74, 6) is -0.275. The monoisotopic (exact) mass is 640 g/mol. The highest BCUT2D eigenvalue weighted by atomic mass is 16.5. The van der Waals surface area contributed by atoms with Crippen molar-refractivity contribution in [1.29, 1.82) is 0 Å². The summed E-state index contributed by atoms with van der Waals surface area (Å²) in [6.07, 6.45) is 5.92. The third kappa shape index (κ3) is 10.4. The Bertz CT molecular complexity index is 1690. The van der Waals surface area contributed by atoms with E-state index in [9.17, 15) is 14.4 Å². The van der Waals surface area contributed by atoms with Crippen molar-refractivity contribution in [2.24, 2.45) is 0 Å². The number of Topliss-reactive ketones (excluding diaryl/α,β-unsaturated/α-hetero) is 1. The minimum absolute atomic E-state index is 0.0374. The van der Waals surface area contributed by atoms with Crippen LogP contribution in [-0.2, 0) is 22.7 Å². The molecule has 0 saturated carbocycles. The van der Waals surface area contributed by atoms with Gasteiger partial charge in [-0.15, -0.1) is 0 Å². The van der Waals surface area contributed by atoms with Crippen LogP contribution in [-0.4, -0.2) is 94.2 Å². The van der Waals surface area contributed by atoms with Gasteiger partial charge in [0.15, 0.2) is 5.78 Å². The van der Waals surface area contributed by atoms with E-state index in [2.05, 4.69) is 56.9 Å². The molecule has 0 atom stereocenters. The number of ketones is 1. The highest BCUT2D eigenvalue weighted by Crippen LogP contribution is 2.26. The van der Waals surface area contributed by atoms with Crippen LogP contribution in [0.25, 0.3) is 17.1 Å². The smallest absolute Gasteiger partial charge is 0.328 e. The Labute approximate surface area is 274 Å². The highest BCUT2D eigenvalue weighted by Gasteiger charge is 2.20. The van der Waals surface area contributed by atoms with Gasteiger partial charge in [0.05, 0.1) is 37.4 Å². The lowest BCUT2D eigenvalue weighted by Crippen LogP contribution is -2.46. The quantitative estimate of drug-likeness (QED) is 0.154. The van der Waals surface area contributed by atoms with Crippen LogP contribution in [0, 0.1) is 0 Å². The molecule has 2 N–H and O–H groups in total. The van der Waals surface area contributed by atoms with Crippen molar-refractivity contribution < 1.29 is 34.1 Å². The lowest BCUT2D eigenvalue weighted by molar-refractivity contribution is -0.134. The molecule has 5 rings (SSSR count). The Balaban J connectivity index is 0.000000555. The van der Waals surface area contributed by atoms with E-state index in [1.807, 2.05) is 24.3 Å². The summed E-state index contributed by atoms with van der Waals surface area (Å²) in [6.45, 7) is 6.31. The fourth-order valence-corrected chi connectivity index (χ4v) is 5.25. The maximum atomic E-state index is 13.2. The molecule has 0 aliphatic carbocycles. The third-order valence-corrected chi connectivity index (χ3v) is 7.68. The van der Waals surface area contributed by atoms with Crippen LogP contribution in [0.2, 0.25) is 0 Å². The van der Waals surface area contributed by atoms with Crippen molar-refractivity contribution in [2.45, 2.75) is 19.5 Å². The Morgan fingerprint density at radius 2 is 1.49 bits per heavy atom. The van der Waals surface area contributed by atoms with E-state index in [1.165, 1.54) is 5.56 Å². The number of carbonyl (C=O) groups excluding carboxylic acids is 1. The number of fused-ring (bicyclic) bond motifs is 1. The number of aryl methyl sites for hydroxylation is 1. The van der Waals surface area contributed by atoms with Crippen LogP contribution in [0.3, 0.4) is 0 Å². The molecule has 1 aliphatic rings. The molecule has 1 aromatic heterocycles. The Hall–Kier alpha value is -5.26. The first-order valence-electron chi connectivity index (χ1n) is 15.3. The van der Waals surface area contributed by atoms with Crippen molar-refractivity contribution in [3.05, 3.63) is 108 Å². The molecule has 0 bridgehead atoms. The number of carbonyl (C=O) groups is 3. The summed E-state index contributed by atoms with van der Waals surface area (Å²) in [7, 11) is 3.18. The Morgan fingerprint density at radius 3 is 2.15 bits per heavy atom. The predicted octanol–water partition coefficient (Wildman–Crippen LogP) is 4.87. The first kappa shape index (κ1) is 34.6. The molecule has 2 heterocycles. The van der Waals surface area contributed by atoms with Gasteiger partial charge in [0.1, 0.15) is 17.3 Å². The average molecular weight is 641 g/mol. The van der Waals surface area contributed by atoms with E-state index in [0.29, 0.717) is 42.2 Å².